The van der Waals surface area contributed by atoms with Gasteiger partial charge >= 0.3 is 0 Å². The lowest BCUT2D eigenvalue weighted by Gasteiger charge is -2.09. The Bertz CT molecular complexity index is 909. The van der Waals surface area contributed by atoms with Crippen molar-refractivity contribution in [2.45, 2.75) is 13.8 Å². The summed E-state index contributed by atoms with van der Waals surface area (Å²) in [6.45, 7) is 7.79. The maximum absolute atomic E-state index is 6.09. The topological polar surface area (TPSA) is 42.2 Å². The van der Waals surface area contributed by atoms with E-state index in [0.29, 0.717) is 5.02 Å². The molecule has 1 N–H and O–H groups in total. The molecular formula is C18H17ClN4. The first kappa shape index (κ1) is 15.3. The van der Waals surface area contributed by atoms with Crippen LogP contribution in [-0.4, -0.2) is 14.4 Å². The fraction of sp³-hybridized carbons (Fsp3) is 0.111. The number of aromatic nitrogens is 3. The second kappa shape index (κ2) is 6.26. The third-order valence-corrected chi connectivity index (χ3v) is 3.85. The molecular weight excluding hydrogens is 308 g/mol. The van der Waals surface area contributed by atoms with Crippen LogP contribution in [0.25, 0.3) is 11.2 Å². The molecule has 0 bridgehead atoms. The zero-order chi connectivity index (χ0) is 16.4. The number of hydrogen-bond donors (Lipinski definition) is 1. The van der Waals surface area contributed by atoms with Crippen molar-refractivity contribution in [2.24, 2.45) is 0 Å². The minimum absolute atomic E-state index is 0.679. The van der Waals surface area contributed by atoms with Crippen LogP contribution in [0, 0.1) is 6.92 Å². The van der Waals surface area contributed by atoms with E-state index in [4.69, 9.17) is 16.6 Å². The summed E-state index contributed by atoms with van der Waals surface area (Å²) in [5.41, 5.74) is 4.37. The van der Waals surface area contributed by atoms with E-state index in [2.05, 4.69) is 16.9 Å². The maximum Gasteiger partial charge on any atom is 0.160 e. The van der Waals surface area contributed by atoms with E-state index in [-0.39, 0.29) is 0 Å². The number of nitrogens with one attached hydrogen (secondary N) is 1. The van der Waals surface area contributed by atoms with E-state index >= 15 is 0 Å². The van der Waals surface area contributed by atoms with Gasteiger partial charge < -0.3 is 5.32 Å². The predicted molar refractivity (Wildman–Crippen MR) is 96.3 cm³/mol. The van der Waals surface area contributed by atoms with Gasteiger partial charge in [0.1, 0.15) is 11.5 Å². The molecule has 0 saturated carbocycles. The second-order valence-electron chi connectivity index (χ2n) is 5.10. The molecule has 116 valence electrons. The highest BCUT2D eigenvalue weighted by molar-refractivity contribution is 6.30. The molecule has 2 heterocycles. The molecule has 2 aromatic heterocycles. The molecule has 0 aliphatic carbocycles. The number of imidazole rings is 1. The van der Waals surface area contributed by atoms with Crippen LogP contribution < -0.4 is 5.32 Å². The number of fused-ring (bicyclic) bond motifs is 1. The highest BCUT2D eigenvalue weighted by Crippen LogP contribution is 2.30. The zero-order valence-electron chi connectivity index (χ0n) is 13.0. The molecule has 0 aliphatic heterocycles. The normalized spacial score (nSPS) is 11.7. The average Bonchev–Trinajstić information content (AvgIpc) is 2.89. The summed E-state index contributed by atoms with van der Waals surface area (Å²) < 4.78 is 1.99. The minimum atomic E-state index is 0.679. The number of rotatable bonds is 4. The first-order chi connectivity index (χ1) is 11.1. The monoisotopic (exact) mass is 324 g/mol. The van der Waals surface area contributed by atoms with Gasteiger partial charge in [-0.15, -0.1) is 0 Å². The molecule has 0 amide bonds. The Morgan fingerprint density at radius 3 is 2.91 bits per heavy atom. The predicted octanol–water partition coefficient (Wildman–Crippen LogP) is 5.02. The van der Waals surface area contributed by atoms with Gasteiger partial charge in [-0.05, 0) is 37.6 Å². The maximum atomic E-state index is 6.09. The van der Waals surface area contributed by atoms with Crippen molar-refractivity contribution < 1.29 is 0 Å². The van der Waals surface area contributed by atoms with Crippen LogP contribution in [0.15, 0.2) is 55.4 Å². The van der Waals surface area contributed by atoms with Gasteiger partial charge in [0, 0.05) is 23.1 Å². The van der Waals surface area contributed by atoms with Crippen LogP contribution in [0.2, 0.25) is 5.02 Å². The van der Waals surface area contributed by atoms with E-state index in [1.54, 1.807) is 12.3 Å². The summed E-state index contributed by atoms with van der Waals surface area (Å²) >= 11 is 6.09. The van der Waals surface area contributed by atoms with Gasteiger partial charge in [0.05, 0.1) is 5.69 Å². The van der Waals surface area contributed by atoms with Crippen LogP contribution in [0.4, 0.5) is 11.5 Å². The summed E-state index contributed by atoms with van der Waals surface area (Å²) in [4.78, 5) is 9.05. The summed E-state index contributed by atoms with van der Waals surface area (Å²) in [6.07, 6.45) is 7.44. The van der Waals surface area contributed by atoms with Crippen LogP contribution >= 0.6 is 11.6 Å². The van der Waals surface area contributed by atoms with E-state index in [1.165, 1.54) is 0 Å². The lowest BCUT2D eigenvalue weighted by molar-refractivity contribution is 1.08. The lowest BCUT2D eigenvalue weighted by Crippen LogP contribution is -1.99. The molecule has 3 aromatic rings. The molecule has 0 fully saturated rings. The van der Waals surface area contributed by atoms with Crippen LogP contribution in [-0.2, 0) is 0 Å². The molecule has 0 saturated heterocycles. The molecule has 0 radical (unpaired) electrons. The van der Waals surface area contributed by atoms with E-state index in [0.717, 1.165) is 34.1 Å². The Hall–Kier alpha value is -2.59. The van der Waals surface area contributed by atoms with Crippen LogP contribution in [0.1, 0.15) is 18.3 Å². The largest absolute Gasteiger partial charge is 0.339 e. The molecule has 0 aliphatic rings. The average molecular weight is 325 g/mol. The molecule has 3 rings (SSSR count). The Morgan fingerprint density at radius 1 is 1.39 bits per heavy atom. The summed E-state index contributed by atoms with van der Waals surface area (Å²) in [5, 5.41) is 4.09. The quantitative estimate of drug-likeness (QED) is 0.685. The van der Waals surface area contributed by atoms with E-state index < -0.39 is 0 Å². The lowest BCUT2D eigenvalue weighted by atomic mass is 10.2. The molecule has 0 atom stereocenters. The fourth-order valence-corrected chi connectivity index (χ4v) is 2.67. The smallest absolute Gasteiger partial charge is 0.160 e. The Kier molecular flexibility index (Phi) is 4.17. The first-order valence-electron chi connectivity index (χ1n) is 7.29. The van der Waals surface area contributed by atoms with Gasteiger partial charge in [0.25, 0.3) is 0 Å². The highest BCUT2D eigenvalue weighted by Gasteiger charge is 2.16. The van der Waals surface area contributed by atoms with Crippen molar-refractivity contribution in [1.82, 2.24) is 14.4 Å². The standard InChI is InChI=1S/C18H17ClN4/c1-4-13(5-2)16-18(21-15-8-6-7-14(19)11-15)23-10-9-20-12(3)17(23)22-16/h4-11,21H,1H2,2-3H3/b13-5+. The van der Waals surface area contributed by atoms with Crippen molar-refractivity contribution in [3.63, 3.8) is 0 Å². The number of allylic oxidation sites excluding steroid dienone is 3. The number of aryl methyl sites for hydroxylation is 1. The third-order valence-electron chi connectivity index (χ3n) is 3.61. The Labute approximate surface area is 140 Å². The summed E-state index contributed by atoms with van der Waals surface area (Å²) in [7, 11) is 0. The van der Waals surface area contributed by atoms with Crippen molar-refractivity contribution in [2.75, 3.05) is 5.32 Å². The molecule has 23 heavy (non-hydrogen) atoms. The van der Waals surface area contributed by atoms with Crippen molar-refractivity contribution in [1.29, 1.82) is 0 Å². The molecule has 1 aromatic carbocycles. The van der Waals surface area contributed by atoms with Gasteiger partial charge in [0.2, 0.25) is 0 Å². The Balaban J connectivity index is 2.22. The third kappa shape index (κ3) is 2.85. The SMILES string of the molecule is C=C/C(=C\C)c1nc2c(C)nccn2c1Nc1cccc(Cl)c1. The van der Waals surface area contributed by atoms with Crippen molar-refractivity contribution in [3.05, 3.63) is 71.8 Å². The number of anilines is 2. The number of benzene rings is 1. The summed E-state index contributed by atoms with van der Waals surface area (Å²) in [6, 6.07) is 7.59. The number of halogens is 1. The molecule has 5 heteroatoms. The van der Waals surface area contributed by atoms with Gasteiger partial charge in [-0.3, -0.25) is 9.38 Å². The zero-order valence-corrected chi connectivity index (χ0v) is 13.8. The van der Waals surface area contributed by atoms with Gasteiger partial charge in [0.15, 0.2) is 5.65 Å². The van der Waals surface area contributed by atoms with Gasteiger partial charge in [-0.1, -0.05) is 36.4 Å². The number of hydrogen-bond acceptors (Lipinski definition) is 3. The summed E-state index contributed by atoms with van der Waals surface area (Å²) in [5.74, 6) is 0.862. The fourth-order valence-electron chi connectivity index (χ4n) is 2.48. The Morgan fingerprint density at radius 2 is 2.22 bits per heavy atom. The minimum Gasteiger partial charge on any atom is -0.339 e. The second-order valence-corrected chi connectivity index (χ2v) is 5.54. The molecule has 0 spiro atoms. The highest BCUT2D eigenvalue weighted by atomic mass is 35.5. The van der Waals surface area contributed by atoms with E-state index in [9.17, 15) is 0 Å². The first-order valence-corrected chi connectivity index (χ1v) is 7.67. The van der Waals surface area contributed by atoms with Gasteiger partial charge in [-0.25, -0.2) is 4.98 Å². The van der Waals surface area contributed by atoms with Gasteiger partial charge in [-0.2, -0.15) is 0 Å². The van der Waals surface area contributed by atoms with Crippen molar-refractivity contribution >= 4 is 34.3 Å². The number of nitrogens with zero attached hydrogens (tertiary/aromatic N) is 3. The molecule has 4 nitrogen and oxygen atoms in total. The van der Waals surface area contributed by atoms with E-state index in [1.807, 2.05) is 54.8 Å². The van der Waals surface area contributed by atoms with Crippen LogP contribution in [0.5, 0.6) is 0 Å². The van der Waals surface area contributed by atoms with Crippen LogP contribution in [0.3, 0.4) is 0 Å². The molecule has 0 unspecified atom stereocenters. The van der Waals surface area contributed by atoms with Crippen molar-refractivity contribution in [3.8, 4) is 0 Å².